The Morgan fingerprint density at radius 1 is 1.16 bits per heavy atom. The van der Waals surface area contributed by atoms with Crippen LogP contribution in [-0.4, -0.2) is 31.1 Å². The van der Waals surface area contributed by atoms with Crippen LogP contribution in [0.2, 0.25) is 0 Å². The van der Waals surface area contributed by atoms with Crippen molar-refractivity contribution in [1.82, 2.24) is 14.3 Å². The van der Waals surface area contributed by atoms with E-state index in [0.717, 1.165) is 18.4 Å². The number of aromatic nitrogens is 2. The van der Waals surface area contributed by atoms with Gasteiger partial charge in [0.05, 0.1) is 4.91 Å². The van der Waals surface area contributed by atoms with Gasteiger partial charge in [0.15, 0.2) is 0 Å². The van der Waals surface area contributed by atoms with Crippen LogP contribution in [-0.2, 0) is 4.79 Å². The number of hydrogen-bond donors (Lipinski definition) is 0. The van der Waals surface area contributed by atoms with Gasteiger partial charge in [-0.2, -0.15) is 4.98 Å². The molecule has 8 heteroatoms. The number of carbonyl (C=O) groups is 1. The van der Waals surface area contributed by atoms with Crippen molar-refractivity contribution in [2.45, 2.75) is 26.7 Å². The van der Waals surface area contributed by atoms with Crippen molar-refractivity contribution in [1.29, 1.82) is 0 Å². The van der Waals surface area contributed by atoms with Crippen molar-refractivity contribution in [2.75, 3.05) is 6.54 Å². The molecule has 6 nitrogen and oxygen atoms in total. The molecule has 0 N–H and O–H groups in total. The molecule has 0 saturated carbocycles. The summed E-state index contributed by atoms with van der Waals surface area (Å²) in [6, 6.07) is 12.8. The number of hydrogen-bond acceptors (Lipinski definition) is 6. The van der Waals surface area contributed by atoms with Crippen LogP contribution in [0.4, 0.5) is 0 Å². The number of fused-ring (bicyclic) bond motifs is 1. The predicted molar refractivity (Wildman–Crippen MR) is 128 cm³/mol. The summed E-state index contributed by atoms with van der Waals surface area (Å²) in [5.74, 6) is 0.518. The van der Waals surface area contributed by atoms with Crippen LogP contribution in [0.25, 0.3) is 11.7 Å². The summed E-state index contributed by atoms with van der Waals surface area (Å²) >= 11 is 6.58. The van der Waals surface area contributed by atoms with Crippen LogP contribution in [0.1, 0.15) is 30.9 Å². The fourth-order valence-electron chi connectivity index (χ4n) is 3.14. The molecule has 1 aromatic carbocycles. The number of benzene rings is 1. The fraction of sp³-hybridized carbons (Fsp3) is 0.217. The van der Waals surface area contributed by atoms with E-state index < -0.39 is 0 Å². The average molecular weight is 452 g/mol. The van der Waals surface area contributed by atoms with Gasteiger partial charge in [-0.1, -0.05) is 61.1 Å². The maximum Gasteiger partial charge on any atom is 0.269 e. The largest absolute Gasteiger partial charge is 0.438 e. The first-order valence-electron chi connectivity index (χ1n) is 9.99. The van der Waals surface area contributed by atoms with Crippen LogP contribution in [0, 0.1) is 6.92 Å². The quantitative estimate of drug-likeness (QED) is 0.396. The smallest absolute Gasteiger partial charge is 0.269 e. The number of amides is 1. The summed E-state index contributed by atoms with van der Waals surface area (Å²) in [4.78, 5) is 32.7. The molecule has 4 rings (SSSR count). The van der Waals surface area contributed by atoms with Gasteiger partial charge in [-0.15, -0.1) is 0 Å². The lowest BCUT2D eigenvalue weighted by Crippen LogP contribution is -2.29. The third-order valence-corrected chi connectivity index (χ3v) is 6.23. The molecular weight excluding hydrogens is 430 g/mol. The first-order chi connectivity index (χ1) is 15.0. The Morgan fingerprint density at radius 2 is 1.94 bits per heavy atom. The maximum atomic E-state index is 13.3. The Bertz CT molecular complexity index is 1250. The number of pyridine rings is 1. The molecule has 0 spiro atoms. The molecule has 1 aliphatic rings. The molecule has 3 heterocycles. The average Bonchev–Trinajstić information content (AvgIpc) is 3.03. The molecule has 0 radical (unpaired) electrons. The number of rotatable bonds is 6. The zero-order chi connectivity index (χ0) is 22.0. The fourth-order valence-corrected chi connectivity index (χ4v) is 4.43. The highest BCUT2D eigenvalue weighted by atomic mass is 32.2. The monoisotopic (exact) mass is 451 g/mol. The third kappa shape index (κ3) is 4.40. The van der Waals surface area contributed by atoms with Crippen molar-refractivity contribution >= 4 is 45.9 Å². The second kappa shape index (κ2) is 9.03. The van der Waals surface area contributed by atoms with Gasteiger partial charge in [0.1, 0.15) is 21.3 Å². The molecule has 3 aromatic rings. The van der Waals surface area contributed by atoms with E-state index in [9.17, 15) is 9.59 Å². The second-order valence-corrected chi connectivity index (χ2v) is 8.84. The molecule has 0 atom stereocenters. The maximum absolute atomic E-state index is 13.3. The van der Waals surface area contributed by atoms with Gasteiger partial charge in [0.25, 0.3) is 11.5 Å². The Balaban J connectivity index is 1.80. The molecule has 1 amide bonds. The Kier molecular flexibility index (Phi) is 6.20. The van der Waals surface area contributed by atoms with Gasteiger partial charge in [-0.3, -0.25) is 18.9 Å². The Morgan fingerprint density at radius 3 is 2.68 bits per heavy atom. The molecule has 1 fully saturated rings. The third-order valence-electron chi connectivity index (χ3n) is 4.85. The second-order valence-electron chi connectivity index (χ2n) is 7.17. The van der Waals surface area contributed by atoms with Crippen LogP contribution >= 0.6 is 24.0 Å². The van der Waals surface area contributed by atoms with Gasteiger partial charge in [-0.25, -0.2) is 0 Å². The first kappa shape index (κ1) is 21.3. The molecular formula is C23H21N3O3S2. The standard InChI is InChI=1S/C23H21N3O3S2/c1-3-4-12-26-22(28)18(31-23(26)30)14-17-20(29-16-10-8-15(2)9-11-16)24-19-7-5-6-13-25(19)21(17)27/h5-11,13-14H,3-4,12H2,1-2H3/b18-14-. The number of nitrogens with zero attached hydrogens (tertiary/aromatic N) is 3. The summed E-state index contributed by atoms with van der Waals surface area (Å²) in [6.07, 6.45) is 5.01. The minimum Gasteiger partial charge on any atom is -0.438 e. The van der Waals surface area contributed by atoms with Crippen molar-refractivity contribution in [3.05, 3.63) is 75.0 Å². The zero-order valence-electron chi connectivity index (χ0n) is 17.2. The highest BCUT2D eigenvalue weighted by Crippen LogP contribution is 2.34. The van der Waals surface area contributed by atoms with Crippen molar-refractivity contribution in [2.24, 2.45) is 0 Å². The summed E-state index contributed by atoms with van der Waals surface area (Å²) in [5, 5.41) is 0. The lowest BCUT2D eigenvalue weighted by Gasteiger charge is -2.13. The van der Waals surface area contributed by atoms with Crippen LogP contribution in [0.3, 0.4) is 0 Å². The highest BCUT2D eigenvalue weighted by Gasteiger charge is 2.32. The topological polar surface area (TPSA) is 63.9 Å². The highest BCUT2D eigenvalue weighted by molar-refractivity contribution is 8.26. The molecule has 0 bridgehead atoms. The molecule has 1 aliphatic heterocycles. The molecule has 0 unspecified atom stereocenters. The van der Waals surface area contributed by atoms with Gasteiger partial charge in [0.2, 0.25) is 5.88 Å². The number of thioether (sulfide) groups is 1. The van der Waals surface area contributed by atoms with Crippen molar-refractivity contribution < 1.29 is 9.53 Å². The number of unbranched alkanes of at least 4 members (excludes halogenated alkanes) is 1. The number of carbonyl (C=O) groups excluding carboxylic acids is 1. The van der Waals surface area contributed by atoms with E-state index >= 15 is 0 Å². The minimum atomic E-state index is -0.313. The summed E-state index contributed by atoms with van der Waals surface area (Å²) in [5.41, 5.74) is 1.45. The molecule has 0 aliphatic carbocycles. The van der Waals surface area contributed by atoms with Crippen molar-refractivity contribution in [3.8, 4) is 11.6 Å². The van der Waals surface area contributed by atoms with Crippen LogP contribution in [0.15, 0.2) is 58.4 Å². The number of aryl methyl sites for hydroxylation is 1. The van der Waals surface area contributed by atoms with E-state index in [0.29, 0.717) is 27.2 Å². The molecule has 1 saturated heterocycles. The van der Waals surface area contributed by atoms with Crippen LogP contribution in [0.5, 0.6) is 11.6 Å². The number of ether oxygens (including phenoxy) is 1. The zero-order valence-corrected chi connectivity index (χ0v) is 18.8. The normalized spacial score (nSPS) is 15.3. The van der Waals surface area contributed by atoms with Crippen LogP contribution < -0.4 is 10.3 Å². The summed E-state index contributed by atoms with van der Waals surface area (Å²) in [7, 11) is 0. The first-order valence-corrected chi connectivity index (χ1v) is 11.2. The molecule has 158 valence electrons. The van der Waals surface area contributed by atoms with E-state index in [1.165, 1.54) is 16.2 Å². The Labute approximate surface area is 189 Å². The van der Waals surface area contributed by atoms with E-state index in [-0.39, 0.29) is 22.9 Å². The molecule has 31 heavy (non-hydrogen) atoms. The molecule has 2 aromatic heterocycles. The lowest BCUT2D eigenvalue weighted by molar-refractivity contribution is -0.122. The Hall–Kier alpha value is -2.97. The van der Waals surface area contributed by atoms with Gasteiger partial charge in [0, 0.05) is 12.7 Å². The SMILES string of the molecule is CCCCN1C(=O)/C(=C/c2c(Oc3ccc(C)cc3)nc3ccccn3c2=O)SC1=S. The van der Waals surface area contributed by atoms with E-state index in [1.54, 1.807) is 35.4 Å². The van der Waals surface area contributed by atoms with E-state index in [4.69, 9.17) is 17.0 Å². The van der Waals surface area contributed by atoms with Gasteiger partial charge in [-0.05, 0) is 43.7 Å². The minimum absolute atomic E-state index is 0.152. The predicted octanol–water partition coefficient (Wildman–Crippen LogP) is 4.80. The van der Waals surface area contributed by atoms with Gasteiger partial charge < -0.3 is 4.74 Å². The van der Waals surface area contributed by atoms with E-state index in [2.05, 4.69) is 11.9 Å². The van der Waals surface area contributed by atoms with E-state index in [1.807, 2.05) is 31.2 Å². The lowest BCUT2D eigenvalue weighted by atomic mass is 10.2. The summed E-state index contributed by atoms with van der Waals surface area (Å²) in [6.45, 7) is 4.61. The van der Waals surface area contributed by atoms with Gasteiger partial charge >= 0.3 is 0 Å². The van der Waals surface area contributed by atoms with Crippen molar-refractivity contribution in [3.63, 3.8) is 0 Å². The number of thiocarbonyl (C=S) groups is 1. The summed E-state index contributed by atoms with van der Waals surface area (Å²) < 4.78 is 7.92.